The third kappa shape index (κ3) is 14.0. The number of hydrogen-bond acceptors (Lipinski definition) is 17. The Kier molecular flexibility index (Phi) is 19.2. The predicted octanol–water partition coefficient (Wildman–Crippen LogP) is 2.74. The van der Waals surface area contributed by atoms with Crippen LogP contribution < -0.4 is 26.8 Å². The maximum Gasteiger partial charge on any atom is 0.343 e. The molecule has 7 rings (SSSR count). The van der Waals surface area contributed by atoms with Gasteiger partial charge in [-0.1, -0.05) is 32.4 Å². The molecule has 0 saturated carbocycles. The van der Waals surface area contributed by atoms with Gasteiger partial charge >= 0.3 is 5.97 Å². The van der Waals surface area contributed by atoms with Crippen molar-refractivity contribution in [1.29, 1.82) is 0 Å². The van der Waals surface area contributed by atoms with Crippen molar-refractivity contribution in [3.63, 3.8) is 0 Å². The van der Waals surface area contributed by atoms with E-state index in [0.29, 0.717) is 90.6 Å². The number of cyclic esters (lactones) is 1. The van der Waals surface area contributed by atoms with E-state index in [0.717, 1.165) is 30.3 Å². The molecule has 0 fully saturated rings. The lowest BCUT2D eigenvalue weighted by atomic mass is 9.86. The second kappa shape index (κ2) is 25.6. The van der Waals surface area contributed by atoms with Gasteiger partial charge in [0.25, 0.3) is 5.56 Å². The van der Waals surface area contributed by atoms with Gasteiger partial charge in [-0.3, -0.25) is 28.7 Å². The minimum absolute atomic E-state index is 0.0114. The minimum Gasteiger partial charge on any atom is -0.458 e. The number of sulfone groups is 1. The number of hydrogen-bond donors (Lipinski definition) is 5. The molecular weight excluding hydrogens is 1030 g/mol. The van der Waals surface area contributed by atoms with E-state index in [1.807, 2.05) is 19.0 Å². The first-order valence-electron chi connectivity index (χ1n) is 26.2. The monoisotopic (exact) mass is 1100 g/mol. The Balaban J connectivity index is 0.874. The largest absolute Gasteiger partial charge is 0.458 e. The Morgan fingerprint density at radius 3 is 2.42 bits per heavy atom. The van der Waals surface area contributed by atoms with Crippen molar-refractivity contribution in [2.24, 2.45) is 5.92 Å². The maximum atomic E-state index is 15.0. The average molecular weight is 1100 g/mol. The summed E-state index contributed by atoms with van der Waals surface area (Å²) in [5.74, 6) is -3.52. The number of amides is 4. The number of pyridine rings is 2. The van der Waals surface area contributed by atoms with Crippen LogP contribution in [-0.2, 0) is 75.0 Å². The molecule has 5 aromatic rings. The summed E-state index contributed by atoms with van der Waals surface area (Å²) in [4.78, 5) is 94.5. The Morgan fingerprint density at radius 2 is 1.72 bits per heavy atom. The minimum atomic E-state index is -3.54. The molecule has 4 amide bonds. The average Bonchev–Trinajstić information content (AvgIpc) is 4.03. The number of unbranched alkanes of at least 4 members (excludes halogenated alkanes) is 3. The molecule has 0 saturated heterocycles. The van der Waals surface area contributed by atoms with Gasteiger partial charge in [-0.2, -0.15) is 0 Å². The van der Waals surface area contributed by atoms with Crippen LogP contribution in [0.15, 0.2) is 46.7 Å². The summed E-state index contributed by atoms with van der Waals surface area (Å²) in [7, 11) is 0.332. The third-order valence-electron chi connectivity index (χ3n) is 13.9. The lowest BCUT2D eigenvalue weighted by Gasteiger charge is -2.31. The molecule has 25 heteroatoms. The fraction of sp³-hybridized carbons (Fsp3) is 0.528. The van der Waals surface area contributed by atoms with E-state index >= 15 is 0 Å². The number of benzene rings is 1. The van der Waals surface area contributed by atoms with Gasteiger partial charge in [0.05, 0.1) is 41.8 Å². The number of halogens is 1. The summed E-state index contributed by atoms with van der Waals surface area (Å²) in [6, 6.07) is 2.77. The highest BCUT2D eigenvalue weighted by Gasteiger charge is 2.45. The molecule has 0 bridgehead atoms. The molecule has 5 N–H and O–H groups in total. The lowest BCUT2D eigenvalue weighted by molar-refractivity contribution is -0.172. The number of nitrogens with one attached hydrogen (secondary N) is 4. The van der Waals surface area contributed by atoms with E-state index in [1.54, 1.807) is 50.7 Å². The van der Waals surface area contributed by atoms with E-state index < -0.39 is 69.1 Å². The molecule has 0 spiro atoms. The fourth-order valence-electron chi connectivity index (χ4n) is 9.49. The van der Waals surface area contributed by atoms with E-state index in [1.165, 1.54) is 23.0 Å². The molecular formula is C53H69FN12O11S. The van der Waals surface area contributed by atoms with Gasteiger partial charge in [0.15, 0.2) is 5.60 Å². The zero-order valence-corrected chi connectivity index (χ0v) is 45.9. The van der Waals surface area contributed by atoms with Crippen LogP contribution in [0.2, 0.25) is 0 Å². The number of ether oxygens (including phenoxy) is 2. The highest BCUT2D eigenvalue weighted by atomic mass is 32.2. The van der Waals surface area contributed by atoms with E-state index in [2.05, 4.69) is 41.5 Å². The zero-order valence-electron chi connectivity index (χ0n) is 45.1. The Morgan fingerprint density at radius 1 is 0.962 bits per heavy atom. The molecule has 2 aliphatic heterocycles. The normalized spacial score (nSPS) is 15.6. The molecule has 4 aromatic heterocycles. The Labute approximate surface area is 451 Å². The van der Waals surface area contributed by atoms with Gasteiger partial charge < -0.3 is 45.3 Å². The number of carbonyl (C=O) groups excluding carboxylic acids is 5. The van der Waals surface area contributed by atoms with Crippen molar-refractivity contribution in [3.05, 3.63) is 80.8 Å². The number of esters is 1. The Bertz CT molecular complexity index is 3220. The number of fused-ring (bicyclic) bond motifs is 5. The topological polar surface area (TPSA) is 301 Å². The molecule has 0 unspecified atom stereocenters. The summed E-state index contributed by atoms with van der Waals surface area (Å²) < 4.78 is 52.5. The van der Waals surface area contributed by atoms with Crippen molar-refractivity contribution in [2.75, 3.05) is 46.8 Å². The van der Waals surface area contributed by atoms with Gasteiger partial charge in [0.2, 0.25) is 38.6 Å². The number of rotatable bonds is 27. The molecule has 23 nitrogen and oxygen atoms in total. The first-order chi connectivity index (χ1) is 37.1. The second-order valence-electron chi connectivity index (χ2n) is 20.5. The summed E-state index contributed by atoms with van der Waals surface area (Å²) >= 11 is 0. The van der Waals surface area contributed by atoms with Crippen molar-refractivity contribution < 1.29 is 51.4 Å². The van der Waals surface area contributed by atoms with Crippen molar-refractivity contribution >= 4 is 50.3 Å². The number of carbonyl (C=O) groups is 5. The van der Waals surface area contributed by atoms with Crippen LogP contribution >= 0.6 is 0 Å². The van der Waals surface area contributed by atoms with Crippen LogP contribution in [0.3, 0.4) is 0 Å². The smallest absolute Gasteiger partial charge is 0.343 e. The van der Waals surface area contributed by atoms with Crippen molar-refractivity contribution in [3.8, 4) is 22.6 Å². The van der Waals surface area contributed by atoms with Gasteiger partial charge in [-0.05, 0) is 108 Å². The number of nitrogens with zero attached hydrogens (tertiary/aromatic N) is 8. The zero-order chi connectivity index (χ0) is 56.5. The van der Waals surface area contributed by atoms with Crippen LogP contribution in [0.25, 0.3) is 33.5 Å². The lowest BCUT2D eigenvalue weighted by Crippen LogP contribution is -2.56. The van der Waals surface area contributed by atoms with E-state index in [9.17, 15) is 46.7 Å². The highest BCUT2D eigenvalue weighted by Crippen LogP contribution is 2.41. The number of aryl methyl sites for hydroxylation is 3. The van der Waals surface area contributed by atoms with Gasteiger partial charge in [0.1, 0.15) is 36.9 Å². The fourth-order valence-corrected chi connectivity index (χ4v) is 9.98. The standard InChI is InChI=1S/C53H69FN12O11S/c1-8-53(73)38-22-43-47-36(27-66(43)50(71)37(38)29-77-51(53)72)34(35-21-32(4)39(54)23-41(35)59-47)15-14-20-76-30-58-45(68)26-55-48(69)40(16-11-13-18-64(5)6)60-49(70)46(31(2)3)61-44(67)17-10-9-12-19-65-28-42(62-63-65)33-24-56-52(57-25-33)78(7,74)75/h21-25,28,31,40,46,73H,8-20,26-27,29-30H2,1-7H3,(H,55,69)(H,58,68)(H,60,70)(H,61,67)/t40-,46-,53-/m0/s1. The SMILES string of the molecule is CC[C@@]1(O)C(=O)OCc2c1cc1n(c2=O)Cc2c-1nc1cc(F)c(C)cc1c2CCCOCNC(=O)CNC(=O)[C@H](CCCCN(C)C)NC(=O)[C@@H](NC(=O)CCCCCn1cc(-c2cnc(S(C)(=O)=O)nc2)nn1)C(C)C. The quantitative estimate of drug-likeness (QED) is 0.0214. The number of aliphatic hydroxyl groups is 1. The highest BCUT2D eigenvalue weighted by molar-refractivity contribution is 7.90. The van der Waals surface area contributed by atoms with Crippen molar-refractivity contribution in [1.82, 2.24) is 60.7 Å². The maximum absolute atomic E-state index is 15.0. The van der Waals surface area contributed by atoms with Gasteiger partial charge in [-0.25, -0.2) is 32.6 Å². The molecule has 6 heterocycles. The molecule has 2 aliphatic rings. The summed E-state index contributed by atoms with van der Waals surface area (Å²) in [6.07, 6.45) is 10.0. The van der Waals surface area contributed by atoms with E-state index in [4.69, 9.17) is 14.5 Å². The van der Waals surface area contributed by atoms with Crippen LogP contribution in [-0.4, -0.2) is 141 Å². The number of aromatic nitrogens is 7. The summed E-state index contributed by atoms with van der Waals surface area (Å²) in [6.45, 7) is 7.67. The first-order valence-corrected chi connectivity index (χ1v) is 28.1. The van der Waals surface area contributed by atoms with Crippen LogP contribution in [0.1, 0.15) is 106 Å². The van der Waals surface area contributed by atoms with E-state index in [-0.39, 0.29) is 67.4 Å². The van der Waals surface area contributed by atoms with Crippen LogP contribution in [0.4, 0.5) is 4.39 Å². The molecule has 1 aromatic carbocycles. The van der Waals surface area contributed by atoms with Crippen LogP contribution in [0.5, 0.6) is 0 Å². The first kappa shape index (κ1) is 58.6. The Hall–Kier alpha value is -7.09. The molecule has 0 aliphatic carbocycles. The van der Waals surface area contributed by atoms with Crippen LogP contribution in [0, 0.1) is 18.7 Å². The molecule has 3 atom stereocenters. The second-order valence-corrected chi connectivity index (χ2v) is 22.4. The van der Waals surface area contributed by atoms with Gasteiger partial charge in [0, 0.05) is 66.4 Å². The summed E-state index contributed by atoms with van der Waals surface area (Å²) in [5.41, 5.74) is 2.18. The summed E-state index contributed by atoms with van der Waals surface area (Å²) in [5, 5.41) is 30.9. The molecule has 78 heavy (non-hydrogen) atoms. The molecule has 420 valence electrons. The molecule has 0 radical (unpaired) electrons. The predicted molar refractivity (Wildman–Crippen MR) is 283 cm³/mol. The van der Waals surface area contributed by atoms with Gasteiger partial charge in [-0.15, -0.1) is 5.10 Å². The third-order valence-corrected chi connectivity index (χ3v) is 14.8. The van der Waals surface area contributed by atoms with Crippen molar-refractivity contribution in [2.45, 2.75) is 134 Å².